The van der Waals surface area contributed by atoms with Crippen molar-refractivity contribution in [2.24, 2.45) is 0 Å². The second-order valence-electron chi connectivity index (χ2n) is 7.31. The summed E-state index contributed by atoms with van der Waals surface area (Å²) in [5.41, 5.74) is 6.02. The number of aryl methyl sites for hydroxylation is 2. The summed E-state index contributed by atoms with van der Waals surface area (Å²) in [5, 5.41) is 15.0. The number of β-amino-alcohol motifs (C(OH)–C–C–N with tert-alkyl or cyclic N) is 1. The highest BCUT2D eigenvalue weighted by Gasteiger charge is 2.25. The second kappa shape index (κ2) is 6.85. The van der Waals surface area contributed by atoms with Gasteiger partial charge < -0.3 is 14.7 Å². The van der Waals surface area contributed by atoms with Crippen molar-refractivity contribution in [1.29, 1.82) is 0 Å². The molecule has 27 heavy (non-hydrogen) atoms. The van der Waals surface area contributed by atoms with Crippen molar-refractivity contribution >= 4 is 11.5 Å². The van der Waals surface area contributed by atoms with Gasteiger partial charge in [0.25, 0.3) is 0 Å². The lowest BCUT2D eigenvalue weighted by molar-refractivity contribution is 0.153. The van der Waals surface area contributed by atoms with Crippen LogP contribution in [-0.2, 0) is 0 Å². The first-order valence-corrected chi connectivity index (χ1v) is 9.43. The molecule has 1 N–H and O–H groups in total. The molecule has 1 atom stereocenters. The molecule has 3 heterocycles. The van der Waals surface area contributed by atoms with Gasteiger partial charge in [-0.3, -0.25) is 0 Å². The minimum absolute atomic E-state index is 0.292. The van der Waals surface area contributed by atoms with Gasteiger partial charge in [0, 0.05) is 29.9 Å². The minimum atomic E-state index is -0.292. The monoisotopic (exact) mass is 366 g/mol. The first kappa shape index (κ1) is 17.8. The van der Waals surface area contributed by atoms with Crippen molar-refractivity contribution in [2.75, 3.05) is 25.1 Å². The van der Waals surface area contributed by atoms with Crippen LogP contribution in [0.1, 0.15) is 29.8 Å². The molecule has 1 aromatic carbocycles. The molecule has 142 valence electrons. The topological polar surface area (TPSA) is 62.9 Å². The Labute approximate surface area is 159 Å². The Morgan fingerprint density at radius 2 is 1.85 bits per heavy atom. The number of methoxy groups -OCH3 is 1. The molecule has 1 aliphatic rings. The number of hydrogen-bond donors (Lipinski definition) is 1. The van der Waals surface area contributed by atoms with E-state index in [1.165, 1.54) is 0 Å². The third-order valence-corrected chi connectivity index (χ3v) is 5.46. The number of benzene rings is 1. The molecular weight excluding hydrogens is 340 g/mol. The van der Waals surface area contributed by atoms with Crippen LogP contribution >= 0.6 is 0 Å². The van der Waals surface area contributed by atoms with Gasteiger partial charge in [-0.1, -0.05) is 12.1 Å². The summed E-state index contributed by atoms with van der Waals surface area (Å²) in [6, 6.07) is 8.01. The minimum Gasteiger partial charge on any atom is -0.497 e. The summed E-state index contributed by atoms with van der Waals surface area (Å²) in [7, 11) is 1.67. The van der Waals surface area contributed by atoms with Gasteiger partial charge in [0.2, 0.25) is 0 Å². The van der Waals surface area contributed by atoms with Crippen molar-refractivity contribution in [3.05, 3.63) is 41.2 Å². The van der Waals surface area contributed by atoms with Gasteiger partial charge in [0.15, 0.2) is 5.65 Å². The zero-order valence-electron chi connectivity index (χ0n) is 16.4. The van der Waals surface area contributed by atoms with E-state index in [2.05, 4.69) is 11.8 Å². The molecule has 1 saturated heterocycles. The average Bonchev–Trinajstić information content (AvgIpc) is 2.98. The first-order chi connectivity index (χ1) is 13.0. The molecule has 0 spiro atoms. The van der Waals surface area contributed by atoms with Crippen molar-refractivity contribution in [3.63, 3.8) is 0 Å². The summed E-state index contributed by atoms with van der Waals surface area (Å²) in [5.74, 6) is 1.87. The molecular formula is C21H26N4O2. The number of anilines is 1. The average molecular weight is 366 g/mol. The van der Waals surface area contributed by atoms with Crippen molar-refractivity contribution in [3.8, 4) is 16.9 Å². The summed E-state index contributed by atoms with van der Waals surface area (Å²) in [6.07, 6.45) is 1.55. The smallest absolute Gasteiger partial charge is 0.165 e. The summed E-state index contributed by atoms with van der Waals surface area (Å²) in [6.45, 7) is 7.71. The number of nitrogens with zero attached hydrogens (tertiary/aromatic N) is 4. The fourth-order valence-electron chi connectivity index (χ4n) is 3.94. The number of aliphatic hydroxyl groups is 1. The number of rotatable bonds is 3. The zero-order valence-corrected chi connectivity index (χ0v) is 16.4. The van der Waals surface area contributed by atoms with E-state index in [1.54, 1.807) is 7.11 Å². The SMILES string of the molecule is COc1ccc(-c2c(C)nn3c(N4CCCC(O)C4)c(C)c(C)nc23)cc1. The van der Waals surface area contributed by atoms with Crippen LogP contribution in [0.4, 0.5) is 5.82 Å². The number of piperidine rings is 1. The summed E-state index contributed by atoms with van der Waals surface area (Å²) in [4.78, 5) is 7.11. The molecule has 0 bridgehead atoms. The van der Waals surface area contributed by atoms with Gasteiger partial charge >= 0.3 is 0 Å². The maximum atomic E-state index is 10.2. The van der Waals surface area contributed by atoms with Crippen LogP contribution in [0.5, 0.6) is 5.75 Å². The van der Waals surface area contributed by atoms with Gasteiger partial charge in [0.05, 0.1) is 18.9 Å². The van der Waals surface area contributed by atoms with Gasteiger partial charge in [-0.15, -0.1) is 0 Å². The van der Waals surface area contributed by atoms with E-state index in [-0.39, 0.29) is 6.10 Å². The van der Waals surface area contributed by atoms with Gasteiger partial charge in [-0.25, -0.2) is 4.98 Å². The Bertz CT molecular complexity index is 978. The fraction of sp³-hybridized carbons (Fsp3) is 0.429. The van der Waals surface area contributed by atoms with Crippen LogP contribution in [0.15, 0.2) is 24.3 Å². The molecule has 3 aromatic rings. The predicted molar refractivity (Wildman–Crippen MR) is 107 cm³/mol. The van der Waals surface area contributed by atoms with E-state index in [1.807, 2.05) is 42.6 Å². The van der Waals surface area contributed by atoms with E-state index in [4.69, 9.17) is 14.8 Å². The molecule has 1 aliphatic heterocycles. The number of ether oxygens (including phenoxy) is 1. The van der Waals surface area contributed by atoms with E-state index >= 15 is 0 Å². The highest BCUT2D eigenvalue weighted by Crippen LogP contribution is 2.33. The Balaban J connectivity index is 1.91. The number of aromatic nitrogens is 3. The lowest BCUT2D eigenvalue weighted by Gasteiger charge is -2.33. The molecule has 6 heteroatoms. The first-order valence-electron chi connectivity index (χ1n) is 9.43. The van der Waals surface area contributed by atoms with Crippen molar-refractivity contribution in [2.45, 2.75) is 39.7 Å². The third kappa shape index (κ3) is 3.04. The van der Waals surface area contributed by atoms with Gasteiger partial charge in [-0.05, 0) is 51.3 Å². The molecule has 0 amide bonds. The number of aliphatic hydroxyl groups excluding tert-OH is 1. The maximum Gasteiger partial charge on any atom is 0.165 e. The Hall–Kier alpha value is -2.60. The third-order valence-electron chi connectivity index (χ3n) is 5.46. The molecule has 1 fully saturated rings. The maximum absolute atomic E-state index is 10.2. The van der Waals surface area contributed by atoms with E-state index in [9.17, 15) is 5.11 Å². The lowest BCUT2D eigenvalue weighted by Crippen LogP contribution is -2.40. The highest BCUT2D eigenvalue weighted by atomic mass is 16.5. The van der Waals surface area contributed by atoms with Crippen molar-refractivity contribution < 1.29 is 9.84 Å². The fourth-order valence-corrected chi connectivity index (χ4v) is 3.94. The zero-order chi connectivity index (χ0) is 19.1. The standard InChI is InChI=1S/C21H26N4O2/c1-13-14(2)22-20-19(16-7-9-18(27-4)10-8-16)15(3)23-25(20)21(13)24-11-5-6-17(26)12-24/h7-10,17,26H,5-6,11-12H2,1-4H3. The van der Waals surface area contributed by atoms with Gasteiger partial charge in [-0.2, -0.15) is 9.61 Å². The second-order valence-corrected chi connectivity index (χ2v) is 7.31. The van der Waals surface area contributed by atoms with E-state index in [0.717, 1.165) is 64.7 Å². The lowest BCUT2D eigenvalue weighted by atomic mass is 10.1. The summed E-state index contributed by atoms with van der Waals surface area (Å²) >= 11 is 0. The van der Waals surface area contributed by atoms with E-state index in [0.29, 0.717) is 6.54 Å². The van der Waals surface area contributed by atoms with E-state index < -0.39 is 0 Å². The molecule has 0 aliphatic carbocycles. The number of fused-ring (bicyclic) bond motifs is 1. The molecule has 2 aromatic heterocycles. The largest absolute Gasteiger partial charge is 0.497 e. The Morgan fingerprint density at radius 1 is 1.11 bits per heavy atom. The van der Waals surface area contributed by atoms with Crippen LogP contribution in [0.2, 0.25) is 0 Å². The normalized spacial score (nSPS) is 17.5. The Morgan fingerprint density at radius 3 is 2.52 bits per heavy atom. The van der Waals surface area contributed by atoms with Crippen LogP contribution < -0.4 is 9.64 Å². The van der Waals surface area contributed by atoms with Crippen LogP contribution in [0.25, 0.3) is 16.8 Å². The Kier molecular flexibility index (Phi) is 4.52. The van der Waals surface area contributed by atoms with Crippen molar-refractivity contribution in [1.82, 2.24) is 14.6 Å². The summed E-state index contributed by atoms with van der Waals surface area (Å²) < 4.78 is 7.23. The quantitative estimate of drug-likeness (QED) is 0.771. The van der Waals surface area contributed by atoms with Crippen LogP contribution in [-0.4, -0.2) is 46.0 Å². The number of hydrogen-bond acceptors (Lipinski definition) is 5. The van der Waals surface area contributed by atoms with Gasteiger partial charge in [0.1, 0.15) is 11.6 Å². The molecule has 6 nitrogen and oxygen atoms in total. The molecule has 0 radical (unpaired) electrons. The predicted octanol–water partition coefficient (Wildman–Crippen LogP) is 3.29. The molecule has 1 unspecified atom stereocenters. The van der Waals surface area contributed by atoms with Crippen LogP contribution in [0, 0.1) is 20.8 Å². The molecule has 4 rings (SSSR count). The molecule has 0 saturated carbocycles. The van der Waals surface area contributed by atoms with Crippen LogP contribution in [0.3, 0.4) is 0 Å². The highest BCUT2D eigenvalue weighted by molar-refractivity contribution is 5.81.